The second-order valence-corrected chi connectivity index (χ2v) is 5.36. The quantitative estimate of drug-likeness (QED) is 0.651. The molecule has 0 aliphatic heterocycles. The zero-order valence-electron chi connectivity index (χ0n) is 12.3. The highest BCUT2D eigenvalue weighted by molar-refractivity contribution is 5.18. The Hall–Kier alpha value is -0.820. The number of rotatable bonds is 9. The van der Waals surface area contributed by atoms with Gasteiger partial charge in [0.1, 0.15) is 0 Å². The highest BCUT2D eigenvalue weighted by atomic mass is 14.9. The first-order valence-corrected chi connectivity index (χ1v) is 7.56. The van der Waals surface area contributed by atoms with E-state index in [1.165, 1.54) is 37.7 Å². The number of nitrogens with one attached hydrogen (secondary N) is 1. The molecule has 0 fully saturated rings. The van der Waals surface area contributed by atoms with Crippen molar-refractivity contribution in [2.24, 2.45) is 5.92 Å². The summed E-state index contributed by atoms with van der Waals surface area (Å²) >= 11 is 0. The van der Waals surface area contributed by atoms with Gasteiger partial charge in [-0.1, -0.05) is 70.4 Å². The van der Waals surface area contributed by atoms with Crippen LogP contribution >= 0.6 is 0 Å². The Morgan fingerprint density at radius 2 is 1.78 bits per heavy atom. The third-order valence-electron chi connectivity index (χ3n) is 3.73. The Bertz CT molecular complexity index is 294. The molecule has 0 saturated carbocycles. The average molecular weight is 247 g/mol. The predicted octanol–water partition coefficient (Wildman–Crippen LogP) is 4.94. The second kappa shape index (κ2) is 9.16. The predicted molar refractivity (Wildman–Crippen MR) is 80.8 cm³/mol. The molecule has 2 unspecified atom stereocenters. The van der Waals surface area contributed by atoms with Gasteiger partial charge in [0, 0.05) is 6.04 Å². The van der Waals surface area contributed by atoms with E-state index in [-0.39, 0.29) is 0 Å². The molecule has 0 aromatic heterocycles. The monoisotopic (exact) mass is 247 g/mol. The summed E-state index contributed by atoms with van der Waals surface area (Å²) in [4.78, 5) is 0. The summed E-state index contributed by atoms with van der Waals surface area (Å²) in [6.45, 7) is 7.99. The molecule has 1 rings (SSSR count). The van der Waals surface area contributed by atoms with Crippen LogP contribution in [0.2, 0.25) is 0 Å². The van der Waals surface area contributed by atoms with Crippen LogP contribution in [0.4, 0.5) is 0 Å². The first kappa shape index (κ1) is 15.2. The highest BCUT2D eigenvalue weighted by Crippen LogP contribution is 2.21. The maximum atomic E-state index is 3.68. The van der Waals surface area contributed by atoms with E-state index in [1.807, 2.05) is 0 Å². The molecule has 0 amide bonds. The molecule has 0 aliphatic carbocycles. The average Bonchev–Trinajstić information content (AvgIpc) is 2.43. The summed E-state index contributed by atoms with van der Waals surface area (Å²) < 4.78 is 0. The number of hydrogen-bond donors (Lipinski definition) is 1. The highest BCUT2D eigenvalue weighted by Gasteiger charge is 2.10. The molecular formula is C17H29N. The molecule has 0 aliphatic rings. The minimum Gasteiger partial charge on any atom is -0.310 e. The van der Waals surface area contributed by atoms with E-state index in [9.17, 15) is 0 Å². The fraction of sp³-hybridized carbons (Fsp3) is 0.647. The van der Waals surface area contributed by atoms with Crippen LogP contribution < -0.4 is 5.32 Å². The van der Waals surface area contributed by atoms with E-state index < -0.39 is 0 Å². The van der Waals surface area contributed by atoms with E-state index in [1.54, 1.807) is 0 Å². The molecule has 0 radical (unpaired) electrons. The largest absolute Gasteiger partial charge is 0.310 e. The Morgan fingerprint density at radius 1 is 1.06 bits per heavy atom. The molecule has 1 N–H and O–H groups in total. The van der Waals surface area contributed by atoms with Gasteiger partial charge in [-0.3, -0.25) is 0 Å². The Labute approximate surface area is 113 Å². The Kier molecular flexibility index (Phi) is 7.75. The van der Waals surface area contributed by atoms with E-state index in [0.717, 1.165) is 12.5 Å². The maximum absolute atomic E-state index is 3.68. The van der Waals surface area contributed by atoms with Gasteiger partial charge in [0.25, 0.3) is 0 Å². The van der Waals surface area contributed by atoms with Gasteiger partial charge in [0.05, 0.1) is 0 Å². The fourth-order valence-corrected chi connectivity index (χ4v) is 2.27. The molecular weight excluding hydrogens is 218 g/mol. The van der Waals surface area contributed by atoms with Crippen LogP contribution in [0, 0.1) is 5.92 Å². The van der Waals surface area contributed by atoms with Crippen molar-refractivity contribution < 1.29 is 0 Å². The van der Waals surface area contributed by atoms with Crippen molar-refractivity contribution in [3.8, 4) is 0 Å². The van der Waals surface area contributed by atoms with Gasteiger partial charge in [-0.05, 0) is 30.9 Å². The molecule has 0 bridgehead atoms. The zero-order valence-corrected chi connectivity index (χ0v) is 12.3. The van der Waals surface area contributed by atoms with Gasteiger partial charge in [0.2, 0.25) is 0 Å². The van der Waals surface area contributed by atoms with Crippen molar-refractivity contribution in [1.82, 2.24) is 5.32 Å². The van der Waals surface area contributed by atoms with Crippen molar-refractivity contribution in [2.75, 3.05) is 6.54 Å². The number of benzene rings is 1. The van der Waals surface area contributed by atoms with Gasteiger partial charge in [-0.25, -0.2) is 0 Å². The second-order valence-electron chi connectivity index (χ2n) is 5.36. The molecule has 0 heterocycles. The smallest absolute Gasteiger partial charge is 0.0320 e. The van der Waals surface area contributed by atoms with Crippen LogP contribution in [0.15, 0.2) is 30.3 Å². The molecule has 2 atom stereocenters. The molecule has 1 heteroatoms. The molecule has 1 aromatic rings. The van der Waals surface area contributed by atoms with Crippen LogP contribution in [0.3, 0.4) is 0 Å². The number of hydrogen-bond acceptors (Lipinski definition) is 1. The topological polar surface area (TPSA) is 12.0 Å². The zero-order chi connectivity index (χ0) is 13.2. The first-order valence-electron chi connectivity index (χ1n) is 7.56. The minimum atomic E-state index is 0.537. The van der Waals surface area contributed by atoms with Crippen LogP contribution in [0.25, 0.3) is 0 Å². The molecule has 18 heavy (non-hydrogen) atoms. The SMILES string of the molecule is CCCNC(CCCC(C)CC)c1ccccc1. The van der Waals surface area contributed by atoms with E-state index in [4.69, 9.17) is 0 Å². The third kappa shape index (κ3) is 5.68. The minimum absolute atomic E-state index is 0.537. The lowest BCUT2D eigenvalue weighted by Crippen LogP contribution is -2.22. The molecule has 0 spiro atoms. The van der Waals surface area contributed by atoms with E-state index in [2.05, 4.69) is 56.4 Å². The van der Waals surface area contributed by atoms with Gasteiger partial charge < -0.3 is 5.32 Å². The van der Waals surface area contributed by atoms with E-state index in [0.29, 0.717) is 6.04 Å². The Morgan fingerprint density at radius 3 is 2.39 bits per heavy atom. The lowest BCUT2D eigenvalue weighted by molar-refractivity contribution is 0.429. The van der Waals surface area contributed by atoms with Crippen LogP contribution in [0.5, 0.6) is 0 Å². The molecule has 102 valence electrons. The summed E-state index contributed by atoms with van der Waals surface area (Å²) in [7, 11) is 0. The standard InChI is InChI=1S/C17H29N/c1-4-14-18-17(13-9-10-15(3)5-2)16-11-7-6-8-12-16/h6-8,11-12,15,17-18H,4-5,9-10,13-14H2,1-3H3. The van der Waals surface area contributed by atoms with Gasteiger partial charge >= 0.3 is 0 Å². The lowest BCUT2D eigenvalue weighted by Gasteiger charge is -2.19. The normalized spacial score (nSPS) is 14.4. The molecule has 1 aromatic carbocycles. The summed E-state index contributed by atoms with van der Waals surface area (Å²) in [6, 6.07) is 11.4. The van der Waals surface area contributed by atoms with Crippen LogP contribution in [-0.2, 0) is 0 Å². The van der Waals surface area contributed by atoms with Crippen LogP contribution in [0.1, 0.15) is 64.5 Å². The van der Waals surface area contributed by atoms with Gasteiger partial charge in [-0.2, -0.15) is 0 Å². The summed E-state index contributed by atoms with van der Waals surface area (Å²) in [5.74, 6) is 0.868. The van der Waals surface area contributed by atoms with Crippen molar-refractivity contribution in [1.29, 1.82) is 0 Å². The van der Waals surface area contributed by atoms with Crippen molar-refractivity contribution in [3.05, 3.63) is 35.9 Å². The van der Waals surface area contributed by atoms with Crippen molar-refractivity contribution in [2.45, 2.75) is 58.9 Å². The molecule has 0 saturated heterocycles. The van der Waals surface area contributed by atoms with Gasteiger partial charge in [0.15, 0.2) is 0 Å². The van der Waals surface area contributed by atoms with E-state index >= 15 is 0 Å². The van der Waals surface area contributed by atoms with Gasteiger partial charge in [-0.15, -0.1) is 0 Å². The summed E-state index contributed by atoms with van der Waals surface area (Å²) in [5.41, 5.74) is 1.44. The third-order valence-corrected chi connectivity index (χ3v) is 3.73. The lowest BCUT2D eigenvalue weighted by atomic mass is 9.96. The molecule has 1 nitrogen and oxygen atoms in total. The van der Waals surface area contributed by atoms with Crippen molar-refractivity contribution in [3.63, 3.8) is 0 Å². The summed E-state index contributed by atoms with van der Waals surface area (Å²) in [6.07, 6.45) is 6.44. The van der Waals surface area contributed by atoms with Crippen molar-refractivity contribution >= 4 is 0 Å². The summed E-state index contributed by atoms with van der Waals surface area (Å²) in [5, 5.41) is 3.68. The maximum Gasteiger partial charge on any atom is 0.0320 e. The van der Waals surface area contributed by atoms with Crippen LogP contribution in [-0.4, -0.2) is 6.54 Å². The Balaban J connectivity index is 2.46. The first-order chi connectivity index (χ1) is 8.77. The fourth-order valence-electron chi connectivity index (χ4n) is 2.27.